The topological polar surface area (TPSA) is 72.2 Å². The third-order valence-electron chi connectivity index (χ3n) is 3.16. The Morgan fingerprint density at radius 3 is 2.67 bits per heavy atom. The maximum atomic E-state index is 12.4. The summed E-state index contributed by atoms with van der Waals surface area (Å²) in [5, 5.41) is 1.98. The molecule has 0 radical (unpaired) electrons. The average molecular weight is 389 g/mol. The molecule has 2 rings (SSSR count). The number of hydrogen-bond acceptors (Lipinski definition) is 4. The highest BCUT2D eigenvalue weighted by atomic mass is 79.9. The highest BCUT2D eigenvalue weighted by Gasteiger charge is 2.26. The number of anilines is 1. The fourth-order valence-corrected chi connectivity index (χ4v) is 4.58. The lowest BCUT2D eigenvalue weighted by Crippen LogP contribution is -2.36. The third-order valence-corrected chi connectivity index (χ3v) is 6.34. The monoisotopic (exact) mass is 388 g/mol. The van der Waals surface area contributed by atoms with Crippen LogP contribution in [0.25, 0.3) is 0 Å². The molecule has 3 N–H and O–H groups in total. The van der Waals surface area contributed by atoms with Crippen LogP contribution in [0.4, 0.5) is 5.69 Å². The average Bonchev–Trinajstić information content (AvgIpc) is 2.94. The van der Waals surface area contributed by atoms with E-state index in [9.17, 15) is 8.42 Å². The van der Waals surface area contributed by atoms with Crippen molar-refractivity contribution in [1.82, 2.24) is 4.72 Å². The van der Waals surface area contributed by atoms with E-state index in [1.54, 1.807) is 23.5 Å². The summed E-state index contributed by atoms with van der Waals surface area (Å²) < 4.78 is 28.2. The number of thiophene rings is 1. The third kappa shape index (κ3) is 3.85. The molecule has 0 atom stereocenters. The molecule has 2 aromatic rings. The van der Waals surface area contributed by atoms with Gasteiger partial charge in [-0.3, -0.25) is 0 Å². The van der Waals surface area contributed by atoms with Gasteiger partial charge in [0.2, 0.25) is 10.0 Å². The Kier molecular flexibility index (Phi) is 4.77. The lowest BCUT2D eigenvalue weighted by Gasteiger charge is -2.23. The summed E-state index contributed by atoms with van der Waals surface area (Å²) in [6.45, 7) is 4.32. The summed E-state index contributed by atoms with van der Waals surface area (Å²) in [4.78, 5) is 1.23. The van der Waals surface area contributed by atoms with E-state index < -0.39 is 10.0 Å². The van der Waals surface area contributed by atoms with Gasteiger partial charge in [-0.2, -0.15) is 0 Å². The van der Waals surface area contributed by atoms with E-state index in [4.69, 9.17) is 5.73 Å². The zero-order valence-electron chi connectivity index (χ0n) is 11.8. The van der Waals surface area contributed by atoms with Crippen LogP contribution in [0.2, 0.25) is 0 Å². The molecule has 0 fully saturated rings. The summed E-state index contributed by atoms with van der Waals surface area (Å²) >= 11 is 4.88. The van der Waals surface area contributed by atoms with Crippen molar-refractivity contribution in [2.45, 2.75) is 24.2 Å². The Morgan fingerprint density at radius 2 is 2.05 bits per heavy atom. The SMILES string of the molecule is CC(C)(CNS(=O)(=O)c1cc(Br)ccc1N)c1cccs1. The molecule has 0 amide bonds. The Morgan fingerprint density at radius 1 is 1.33 bits per heavy atom. The van der Waals surface area contributed by atoms with Gasteiger partial charge in [-0.1, -0.05) is 35.8 Å². The molecular formula is C14H17BrN2O2S2. The van der Waals surface area contributed by atoms with Gasteiger partial charge in [0, 0.05) is 21.3 Å². The number of benzene rings is 1. The van der Waals surface area contributed by atoms with Crippen LogP contribution in [0.1, 0.15) is 18.7 Å². The largest absolute Gasteiger partial charge is 0.398 e. The first kappa shape index (κ1) is 16.5. The van der Waals surface area contributed by atoms with Crippen molar-refractivity contribution >= 4 is 43.0 Å². The van der Waals surface area contributed by atoms with Gasteiger partial charge in [0.05, 0.1) is 5.69 Å². The molecule has 0 spiro atoms. The number of nitrogens with two attached hydrogens (primary N) is 1. The van der Waals surface area contributed by atoms with Gasteiger partial charge in [0.1, 0.15) is 4.90 Å². The van der Waals surface area contributed by atoms with Crippen LogP contribution in [0.5, 0.6) is 0 Å². The maximum absolute atomic E-state index is 12.4. The zero-order valence-corrected chi connectivity index (χ0v) is 15.0. The molecule has 1 heterocycles. The number of nitrogen functional groups attached to an aromatic ring is 1. The number of nitrogens with one attached hydrogen (secondary N) is 1. The van der Waals surface area contributed by atoms with E-state index in [0.717, 1.165) is 4.88 Å². The first-order chi connectivity index (χ1) is 9.72. The number of halogens is 1. The van der Waals surface area contributed by atoms with Gasteiger partial charge in [0.15, 0.2) is 0 Å². The first-order valence-electron chi connectivity index (χ1n) is 6.31. The molecule has 0 saturated carbocycles. The van der Waals surface area contributed by atoms with Crippen molar-refractivity contribution in [3.63, 3.8) is 0 Å². The van der Waals surface area contributed by atoms with E-state index in [1.165, 1.54) is 6.07 Å². The lowest BCUT2D eigenvalue weighted by molar-refractivity contribution is 0.509. The summed E-state index contributed by atoms with van der Waals surface area (Å²) in [6.07, 6.45) is 0. The predicted octanol–water partition coefficient (Wildman–Crippen LogP) is 3.35. The molecule has 1 aromatic heterocycles. The van der Waals surface area contributed by atoms with Gasteiger partial charge >= 0.3 is 0 Å². The fraction of sp³-hybridized carbons (Fsp3) is 0.286. The molecule has 21 heavy (non-hydrogen) atoms. The molecule has 114 valence electrons. The van der Waals surface area contributed by atoms with Crippen molar-refractivity contribution in [2.24, 2.45) is 0 Å². The van der Waals surface area contributed by atoms with E-state index in [1.807, 2.05) is 31.4 Å². The summed E-state index contributed by atoms with van der Waals surface area (Å²) in [5.41, 5.74) is 5.73. The fourth-order valence-electron chi connectivity index (χ4n) is 1.84. The van der Waals surface area contributed by atoms with Crippen LogP contribution in [0.15, 0.2) is 45.1 Å². The minimum atomic E-state index is -3.64. The van der Waals surface area contributed by atoms with Crippen LogP contribution >= 0.6 is 27.3 Å². The Hall–Kier alpha value is -0.890. The molecule has 0 aliphatic heterocycles. The minimum absolute atomic E-state index is 0.0962. The van der Waals surface area contributed by atoms with Crippen molar-refractivity contribution in [3.8, 4) is 0 Å². The first-order valence-corrected chi connectivity index (χ1v) is 9.47. The van der Waals surface area contributed by atoms with E-state index in [-0.39, 0.29) is 16.0 Å². The molecule has 4 nitrogen and oxygen atoms in total. The van der Waals surface area contributed by atoms with Crippen LogP contribution in [0, 0.1) is 0 Å². The summed E-state index contributed by atoms with van der Waals surface area (Å²) in [5.74, 6) is 0. The van der Waals surface area contributed by atoms with Gasteiger partial charge in [-0.15, -0.1) is 11.3 Å². The number of hydrogen-bond donors (Lipinski definition) is 2. The maximum Gasteiger partial charge on any atom is 0.242 e. The van der Waals surface area contributed by atoms with Crippen molar-refractivity contribution in [3.05, 3.63) is 45.1 Å². The molecule has 7 heteroatoms. The second-order valence-electron chi connectivity index (χ2n) is 5.37. The predicted molar refractivity (Wildman–Crippen MR) is 91.1 cm³/mol. The summed E-state index contributed by atoms with van der Waals surface area (Å²) in [7, 11) is -3.64. The molecule has 0 saturated heterocycles. The molecule has 0 bridgehead atoms. The van der Waals surface area contributed by atoms with Gasteiger partial charge in [-0.05, 0) is 29.6 Å². The van der Waals surface area contributed by atoms with E-state index >= 15 is 0 Å². The molecule has 0 unspecified atom stereocenters. The van der Waals surface area contributed by atoms with Gasteiger partial charge in [0.25, 0.3) is 0 Å². The van der Waals surface area contributed by atoms with E-state index in [2.05, 4.69) is 20.7 Å². The number of rotatable bonds is 5. The van der Waals surface area contributed by atoms with Crippen LogP contribution in [-0.2, 0) is 15.4 Å². The van der Waals surface area contributed by atoms with Crippen LogP contribution in [0.3, 0.4) is 0 Å². The van der Waals surface area contributed by atoms with Crippen molar-refractivity contribution < 1.29 is 8.42 Å². The normalized spacial score (nSPS) is 12.5. The highest BCUT2D eigenvalue weighted by molar-refractivity contribution is 9.10. The molecule has 0 aliphatic rings. The van der Waals surface area contributed by atoms with Gasteiger partial charge < -0.3 is 5.73 Å². The van der Waals surface area contributed by atoms with E-state index in [0.29, 0.717) is 11.0 Å². The van der Waals surface area contributed by atoms with Gasteiger partial charge in [-0.25, -0.2) is 13.1 Å². The Labute approximate surface area is 137 Å². The number of sulfonamides is 1. The van der Waals surface area contributed by atoms with Crippen LogP contribution in [-0.4, -0.2) is 15.0 Å². The van der Waals surface area contributed by atoms with Crippen molar-refractivity contribution in [1.29, 1.82) is 0 Å². The second kappa shape index (κ2) is 6.08. The quantitative estimate of drug-likeness (QED) is 0.771. The smallest absolute Gasteiger partial charge is 0.242 e. The zero-order chi connectivity index (χ0) is 15.7. The lowest BCUT2D eigenvalue weighted by atomic mass is 9.92. The minimum Gasteiger partial charge on any atom is -0.398 e. The Bertz CT molecular complexity index is 725. The molecule has 1 aromatic carbocycles. The molecule has 0 aliphatic carbocycles. The Balaban J connectivity index is 2.21. The van der Waals surface area contributed by atoms with Crippen molar-refractivity contribution in [2.75, 3.05) is 12.3 Å². The standard InChI is InChI=1S/C14H17BrN2O2S2/c1-14(2,13-4-3-7-20-13)9-17-21(18,19)12-8-10(15)5-6-11(12)16/h3-8,17H,9,16H2,1-2H3. The molecular weight excluding hydrogens is 372 g/mol. The van der Waals surface area contributed by atoms with Crippen LogP contribution < -0.4 is 10.5 Å². The second-order valence-corrected chi connectivity index (χ2v) is 8.97. The highest BCUT2D eigenvalue weighted by Crippen LogP contribution is 2.28. The summed E-state index contributed by atoms with van der Waals surface area (Å²) in [6, 6.07) is 8.76.